The smallest absolute Gasteiger partial charge is 0.321 e. The number of amides is 2. The molecular formula is C11H9F2N3OS. The van der Waals surface area contributed by atoms with Crippen molar-refractivity contribution in [3.63, 3.8) is 0 Å². The van der Waals surface area contributed by atoms with Crippen molar-refractivity contribution < 1.29 is 13.6 Å². The predicted octanol–water partition coefficient (Wildman–Crippen LogP) is 2.74. The van der Waals surface area contributed by atoms with Gasteiger partial charge in [-0.25, -0.2) is 14.2 Å². The molecule has 0 saturated heterocycles. The van der Waals surface area contributed by atoms with Gasteiger partial charge >= 0.3 is 6.03 Å². The summed E-state index contributed by atoms with van der Waals surface area (Å²) in [5.41, 5.74) is 0.635. The van der Waals surface area contributed by atoms with Crippen molar-refractivity contribution in [3.8, 4) is 0 Å². The molecule has 1 aromatic heterocycles. The van der Waals surface area contributed by atoms with E-state index in [2.05, 4.69) is 15.6 Å². The molecule has 2 amide bonds. The van der Waals surface area contributed by atoms with Crippen LogP contribution in [-0.4, -0.2) is 11.0 Å². The number of thiazole rings is 1. The Bertz CT molecular complexity index is 559. The highest BCUT2D eigenvalue weighted by Crippen LogP contribution is 2.15. The third kappa shape index (κ3) is 3.49. The molecular weight excluding hydrogens is 260 g/mol. The van der Waals surface area contributed by atoms with Crippen LogP contribution in [0.2, 0.25) is 0 Å². The lowest BCUT2D eigenvalue weighted by Gasteiger charge is -2.05. The molecule has 0 bridgehead atoms. The topological polar surface area (TPSA) is 54.0 Å². The fourth-order valence-corrected chi connectivity index (χ4v) is 1.82. The molecule has 0 saturated carbocycles. The first kappa shape index (κ1) is 12.4. The van der Waals surface area contributed by atoms with Gasteiger partial charge in [-0.15, -0.1) is 0 Å². The zero-order chi connectivity index (χ0) is 13.0. The van der Waals surface area contributed by atoms with E-state index in [4.69, 9.17) is 0 Å². The van der Waals surface area contributed by atoms with Gasteiger partial charge in [-0.05, 0) is 17.7 Å². The Balaban J connectivity index is 1.85. The summed E-state index contributed by atoms with van der Waals surface area (Å²) in [6.07, 6.45) is 1.02. The predicted molar refractivity (Wildman–Crippen MR) is 64.3 cm³/mol. The quantitative estimate of drug-likeness (QED) is 0.900. The molecule has 1 heterocycles. The van der Waals surface area contributed by atoms with Crippen LogP contribution in [0.1, 0.15) is 5.56 Å². The van der Waals surface area contributed by atoms with Crippen molar-refractivity contribution in [1.82, 2.24) is 10.3 Å². The first-order chi connectivity index (χ1) is 8.63. The van der Waals surface area contributed by atoms with Gasteiger partial charge in [0.05, 0.1) is 6.20 Å². The van der Waals surface area contributed by atoms with Crippen molar-refractivity contribution in [2.75, 3.05) is 5.32 Å². The Morgan fingerprint density at radius 3 is 2.89 bits per heavy atom. The molecule has 0 radical (unpaired) electrons. The monoisotopic (exact) mass is 269 g/mol. The van der Waals surface area contributed by atoms with Gasteiger partial charge in [-0.2, -0.15) is 4.39 Å². The summed E-state index contributed by atoms with van der Waals surface area (Å²) >= 11 is 0.730. The van der Waals surface area contributed by atoms with Crippen LogP contribution in [-0.2, 0) is 6.54 Å². The lowest BCUT2D eigenvalue weighted by atomic mass is 10.2. The lowest BCUT2D eigenvalue weighted by Crippen LogP contribution is -2.28. The van der Waals surface area contributed by atoms with E-state index in [0.29, 0.717) is 5.56 Å². The molecule has 0 fully saturated rings. The number of rotatable bonds is 3. The van der Waals surface area contributed by atoms with Crippen LogP contribution >= 0.6 is 11.3 Å². The summed E-state index contributed by atoms with van der Waals surface area (Å²) in [5, 5.41) is 4.58. The summed E-state index contributed by atoms with van der Waals surface area (Å²) < 4.78 is 25.5. The fourth-order valence-electron chi connectivity index (χ4n) is 1.28. The SMILES string of the molecule is O=C(NCc1cccc(F)c1)Nc1ncc(F)s1. The number of aromatic nitrogens is 1. The van der Waals surface area contributed by atoms with Gasteiger partial charge in [-0.1, -0.05) is 23.5 Å². The van der Waals surface area contributed by atoms with E-state index in [-0.39, 0.29) is 17.5 Å². The maximum absolute atomic E-state index is 12.9. The zero-order valence-corrected chi connectivity index (χ0v) is 9.93. The number of carbonyl (C=O) groups is 1. The van der Waals surface area contributed by atoms with Crippen LogP contribution in [0.5, 0.6) is 0 Å². The molecule has 2 N–H and O–H groups in total. The summed E-state index contributed by atoms with van der Waals surface area (Å²) in [7, 11) is 0. The van der Waals surface area contributed by atoms with Gasteiger partial charge in [-0.3, -0.25) is 5.32 Å². The van der Waals surface area contributed by atoms with Gasteiger partial charge in [0.15, 0.2) is 10.3 Å². The molecule has 0 aliphatic carbocycles. The lowest BCUT2D eigenvalue weighted by molar-refractivity contribution is 0.251. The van der Waals surface area contributed by atoms with Gasteiger partial charge in [0, 0.05) is 6.54 Å². The minimum atomic E-state index is -0.520. The second kappa shape index (κ2) is 5.54. The molecule has 7 heteroatoms. The molecule has 0 atom stereocenters. The average molecular weight is 269 g/mol. The maximum atomic E-state index is 12.9. The highest BCUT2D eigenvalue weighted by atomic mass is 32.1. The Labute approximate surface area is 106 Å². The first-order valence-electron chi connectivity index (χ1n) is 5.04. The molecule has 18 heavy (non-hydrogen) atoms. The van der Waals surface area contributed by atoms with Crippen LogP contribution in [0.15, 0.2) is 30.5 Å². The standard InChI is InChI=1S/C11H9F2N3OS/c12-8-3-1-2-7(4-8)5-14-10(17)16-11-15-6-9(13)18-11/h1-4,6H,5H2,(H2,14,15,16,17). The van der Waals surface area contributed by atoms with Crippen molar-refractivity contribution in [3.05, 3.63) is 47.0 Å². The minimum Gasteiger partial charge on any atom is -0.334 e. The third-order valence-corrected chi connectivity index (χ3v) is 2.74. The Morgan fingerprint density at radius 2 is 2.22 bits per heavy atom. The summed E-state index contributed by atoms with van der Waals surface area (Å²) in [5.74, 6) is -0.364. The molecule has 2 aromatic rings. The fraction of sp³-hybridized carbons (Fsp3) is 0.0909. The van der Waals surface area contributed by atoms with E-state index >= 15 is 0 Å². The van der Waals surface area contributed by atoms with Gasteiger partial charge in [0.25, 0.3) is 0 Å². The van der Waals surface area contributed by atoms with Crippen LogP contribution in [0.25, 0.3) is 0 Å². The molecule has 0 unspecified atom stereocenters. The highest BCUT2D eigenvalue weighted by Gasteiger charge is 2.05. The van der Waals surface area contributed by atoms with E-state index in [1.165, 1.54) is 12.1 Å². The molecule has 0 spiro atoms. The molecule has 4 nitrogen and oxygen atoms in total. The molecule has 2 rings (SSSR count). The highest BCUT2D eigenvalue weighted by molar-refractivity contribution is 7.14. The maximum Gasteiger partial charge on any atom is 0.321 e. The number of nitrogens with one attached hydrogen (secondary N) is 2. The number of anilines is 1. The Hall–Kier alpha value is -2.02. The van der Waals surface area contributed by atoms with Crippen LogP contribution in [0.4, 0.5) is 18.7 Å². The summed E-state index contributed by atoms with van der Waals surface area (Å²) in [6.45, 7) is 0.178. The number of halogens is 2. The number of hydrogen-bond acceptors (Lipinski definition) is 3. The number of benzene rings is 1. The van der Waals surface area contributed by atoms with Crippen LogP contribution in [0.3, 0.4) is 0 Å². The normalized spacial score (nSPS) is 10.1. The van der Waals surface area contributed by atoms with Crippen molar-refractivity contribution in [2.45, 2.75) is 6.54 Å². The number of urea groups is 1. The Morgan fingerprint density at radius 1 is 1.39 bits per heavy atom. The van der Waals surface area contributed by atoms with Gasteiger partial charge < -0.3 is 5.32 Å². The molecule has 94 valence electrons. The average Bonchev–Trinajstić information content (AvgIpc) is 2.72. The first-order valence-corrected chi connectivity index (χ1v) is 5.86. The minimum absolute atomic E-state index is 0.171. The Kier molecular flexibility index (Phi) is 3.83. The van der Waals surface area contributed by atoms with Crippen molar-refractivity contribution in [1.29, 1.82) is 0 Å². The van der Waals surface area contributed by atoms with E-state index in [0.717, 1.165) is 17.5 Å². The van der Waals surface area contributed by atoms with Crippen molar-refractivity contribution >= 4 is 22.5 Å². The molecule has 0 aliphatic heterocycles. The van der Waals surface area contributed by atoms with E-state index in [9.17, 15) is 13.6 Å². The van der Waals surface area contributed by atoms with Gasteiger partial charge in [0.2, 0.25) is 0 Å². The van der Waals surface area contributed by atoms with E-state index < -0.39 is 11.2 Å². The number of nitrogens with zero attached hydrogens (tertiary/aromatic N) is 1. The molecule has 1 aromatic carbocycles. The second-order valence-corrected chi connectivity index (χ2v) is 4.39. The van der Waals surface area contributed by atoms with Crippen LogP contribution in [0, 0.1) is 10.9 Å². The number of carbonyl (C=O) groups excluding carboxylic acids is 1. The second-order valence-electron chi connectivity index (χ2n) is 3.41. The van der Waals surface area contributed by atoms with Gasteiger partial charge in [0.1, 0.15) is 5.82 Å². The summed E-state index contributed by atoms with van der Waals surface area (Å²) in [6, 6.07) is 5.37. The van der Waals surface area contributed by atoms with Crippen molar-refractivity contribution in [2.24, 2.45) is 0 Å². The summed E-state index contributed by atoms with van der Waals surface area (Å²) in [4.78, 5) is 15.0. The third-order valence-electron chi connectivity index (χ3n) is 2.04. The van der Waals surface area contributed by atoms with E-state index in [1.54, 1.807) is 12.1 Å². The largest absolute Gasteiger partial charge is 0.334 e. The van der Waals surface area contributed by atoms with E-state index in [1.807, 2.05) is 0 Å². The van der Waals surface area contributed by atoms with Crippen LogP contribution < -0.4 is 10.6 Å². The zero-order valence-electron chi connectivity index (χ0n) is 9.11. The molecule has 0 aliphatic rings. The number of hydrogen-bond donors (Lipinski definition) is 2.